The number of amides is 2. The van der Waals surface area contributed by atoms with Gasteiger partial charge >= 0.3 is 0 Å². The van der Waals surface area contributed by atoms with E-state index < -0.39 is 35.3 Å². The molecule has 0 spiro atoms. The lowest BCUT2D eigenvalue weighted by molar-refractivity contribution is -0.123. The summed E-state index contributed by atoms with van der Waals surface area (Å²) in [6.07, 6.45) is 4.72. The highest BCUT2D eigenvalue weighted by atomic mass is 79.9. The van der Waals surface area contributed by atoms with Crippen molar-refractivity contribution in [1.29, 1.82) is 0 Å². The molecule has 1 aliphatic heterocycles. The molecule has 1 aromatic carbocycles. The number of fused-ring (bicyclic) bond motifs is 5. The van der Waals surface area contributed by atoms with Crippen molar-refractivity contribution in [2.24, 2.45) is 23.7 Å². The van der Waals surface area contributed by atoms with Gasteiger partial charge in [-0.15, -0.1) is 0 Å². The molecule has 2 bridgehead atoms. The molecular weight excluding hydrogens is 344 g/mol. The number of hydrogen-bond donors (Lipinski definition) is 0. The largest absolute Gasteiger partial charge is 0.274 e. The quantitative estimate of drug-likeness (QED) is 0.442. The second-order valence-electron chi connectivity index (χ2n) is 5.73. The van der Waals surface area contributed by atoms with Crippen LogP contribution in [0, 0.1) is 35.3 Å². The van der Waals surface area contributed by atoms with Gasteiger partial charge in [-0.25, -0.2) is 13.7 Å². The molecule has 0 N–H and O–H groups in total. The van der Waals surface area contributed by atoms with Gasteiger partial charge in [0.25, 0.3) is 0 Å². The molecule has 21 heavy (non-hydrogen) atoms. The first-order valence-electron chi connectivity index (χ1n) is 6.69. The highest BCUT2D eigenvalue weighted by Crippen LogP contribution is 2.53. The summed E-state index contributed by atoms with van der Waals surface area (Å²) in [4.78, 5) is 25.8. The van der Waals surface area contributed by atoms with Crippen molar-refractivity contribution in [2.45, 2.75) is 6.42 Å². The maximum Gasteiger partial charge on any atom is 0.238 e. The van der Waals surface area contributed by atoms with Gasteiger partial charge in [-0.2, -0.15) is 0 Å². The van der Waals surface area contributed by atoms with Crippen LogP contribution in [-0.4, -0.2) is 11.8 Å². The van der Waals surface area contributed by atoms with E-state index in [1.54, 1.807) is 0 Å². The highest BCUT2D eigenvalue weighted by molar-refractivity contribution is 9.10. The summed E-state index contributed by atoms with van der Waals surface area (Å²) in [5, 5.41) is 0. The molecule has 108 valence electrons. The van der Waals surface area contributed by atoms with E-state index in [4.69, 9.17) is 0 Å². The molecule has 1 saturated heterocycles. The Bertz CT molecular complexity index is 688. The van der Waals surface area contributed by atoms with Crippen molar-refractivity contribution in [3.8, 4) is 0 Å². The molecule has 1 aromatic rings. The number of carbonyl (C=O) groups excluding carboxylic acids is 2. The van der Waals surface area contributed by atoms with Crippen molar-refractivity contribution in [1.82, 2.24) is 0 Å². The Hall–Kier alpha value is -1.56. The molecule has 1 heterocycles. The Morgan fingerprint density at radius 2 is 1.57 bits per heavy atom. The summed E-state index contributed by atoms with van der Waals surface area (Å²) in [6.45, 7) is 0. The van der Waals surface area contributed by atoms with E-state index in [-0.39, 0.29) is 22.0 Å². The summed E-state index contributed by atoms with van der Waals surface area (Å²) >= 11 is 2.88. The van der Waals surface area contributed by atoms with E-state index >= 15 is 0 Å². The van der Waals surface area contributed by atoms with E-state index in [2.05, 4.69) is 15.9 Å². The van der Waals surface area contributed by atoms with Crippen LogP contribution in [0.15, 0.2) is 28.8 Å². The minimum atomic E-state index is -0.787. The number of allylic oxidation sites excluding steroid dienone is 2. The zero-order chi connectivity index (χ0) is 14.9. The average molecular weight is 354 g/mol. The minimum absolute atomic E-state index is 0.0372. The van der Waals surface area contributed by atoms with E-state index in [9.17, 15) is 18.4 Å². The third kappa shape index (κ3) is 1.62. The predicted octanol–water partition coefficient (Wildman–Crippen LogP) is 3.04. The molecule has 2 aliphatic carbocycles. The molecule has 1 saturated carbocycles. The van der Waals surface area contributed by atoms with Gasteiger partial charge < -0.3 is 0 Å². The number of imide groups is 1. The second kappa shape index (κ2) is 4.22. The smallest absolute Gasteiger partial charge is 0.238 e. The second-order valence-corrected chi connectivity index (χ2v) is 6.58. The Balaban J connectivity index is 1.80. The molecule has 6 heteroatoms. The zero-order valence-electron chi connectivity index (χ0n) is 10.7. The monoisotopic (exact) mass is 353 g/mol. The zero-order valence-corrected chi connectivity index (χ0v) is 12.3. The Labute approximate surface area is 127 Å². The van der Waals surface area contributed by atoms with Gasteiger partial charge in [0.1, 0.15) is 11.6 Å². The third-order valence-corrected chi connectivity index (χ3v) is 5.31. The first kappa shape index (κ1) is 13.1. The molecule has 4 unspecified atom stereocenters. The molecule has 2 amide bonds. The summed E-state index contributed by atoms with van der Waals surface area (Å²) in [5.41, 5.74) is -0.292. The van der Waals surface area contributed by atoms with Crippen LogP contribution in [0.5, 0.6) is 0 Å². The van der Waals surface area contributed by atoms with Gasteiger partial charge in [-0.1, -0.05) is 12.2 Å². The number of rotatable bonds is 1. The van der Waals surface area contributed by atoms with Crippen LogP contribution in [0.2, 0.25) is 0 Å². The summed E-state index contributed by atoms with van der Waals surface area (Å²) in [6, 6.07) is 1.83. The first-order chi connectivity index (χ1) is 9.99. The van der Waals surface area contributed by atoms with Crippen LogP contribution in [-0.2, 0) is 9.59 Å². The molecule has 3 aliphatic rings. The Morgan fingerprint density at radius 1 is 1.00 bits per heavy atom. The topological polar surface area (TPSA) is 37.4 Å². The van der Waals surface area contributed by atoms with E-state index in [1.807, 2.05) is 12.2 Å². The standard InChI is InChI=1S/C15H10BrF2NO2/c16-8-4-10(18)11(5-9(8)17)19-14(20)12-6-1-2-7(3-6)13(12)15(19)21/h1-2,4-7,12-13H,3H2. The van der Waals surface area contributed by atoms with Crippen LogP contribution >= 0.6 is 15.9 Å². The number of hydrogen-bond acceptors (Lipinski definition) is 2. The molecule has 0 radical (unpaired) electrons. The van der Waals surface area contributed by atoms with Crippen molar-refractivity contribution in [2.75, 3.05) is 4.90 Å². The van der Waals surface area contributed by atoms with Crippen molar-refractivity contribution in [3.05, 3.63) is 40.4 Å². The van der Waals surface area contributed by atoms with Gasteiger partial charge in [0.15, 0.2) is 0 Å². The molecular formula is C15H10BrF2NO2. The van der Waals surface area contributed by atoms with Crippen LogP contribution < -0.4 is 4.90 Å². The number of carbonyl (C=O) groups is 2. The molecule has 4 atom stereocenters. The summed E-state index contributed by atoms with van der Waals surface area (Å²) in [5.74, 6) is -3.06. The van der Waals surface area contributed by atoms with Crippen LogP contribution in [0.25, 0.3) is 0 Å². The fourth-order valence-corrected chi connectivity index (χ4v) is 4.14. The summed E-state index contributed by atoms with van der Waals surface area (Å²) in [7, 11) is 0. The lowest BCUT2D eigenvalue weighted by Crippen LogP contribution is -2.33. The normalized spacial score (nSPS) is 33.2. The molecule has 2 fully saturated rings. The minimum Gasteiger partial charge on any atom is -0.274 e. The van der Waals surface area contributed by atoms with Crippen molar-refractivity contribution in [3.63, 3.8) is 0 Å². The first-order valence-corrected chi connectivity index (χ1v) is 7.49. The maximum atomic E-state index is 14.1. The van der Waals surface area contributed by atoms with Crippen molar-refractivity contribution >= 4 is 33.4 Å². The van der Waals surface area contributed by atoms with E-state index in [0.717, 1.165) is 23.5 Å². The van der Waals surface area contributed by atoms with Gasteiger partial charge in [0.2, 0.25) is 11.8 Å². The van der Waals surface area contributed by atoms with Gasteiger partial charge in [0, 0.05) is 6.07 Å². The SMILES string of the molecule is O=C1C2C3C=CC(C3)C2C(=O)N1c1cc(F)c(Br)cc1F. The van der Waals surface area contributed by atoms with E-state index in [1.165, 1.54) is 0 Å². The highest BCUT2D eigenvalue weighted by Gasteiger charge is 2.59. The van der Waals surface area contributed by atoms with Gasteiger partial charge in [-0.3, -0.25) is 9.59 Å². The fraction of sp³-hybridized carbons (Fsp3) is 0.333. The van der Waals surface area contributed by atoms with Crippen LogP contribution in [0.4, 0.5) is 14.5 Å². The van der Waals surface area contributed by atoms with E-state index in [0.29, 0.717) is 0 Å². The van der Waals surface area contributed by atoms with Gasteiger partial charge in [0.05, 0.1) is 22.0 Å². The fourth-order valence-electron chi connectivity index (χ4n) is 3.82. The lowest BCUT2D eigenvalue weighted by Gasteiger charge is -2.18. The Kier molecular flexibility index (Phi) is 2.64. The van der Waals surface area contributed by atoms with Crippen LogP contribution in [0.1, 0.15) is 6.42 Å². The number of anilines is 1. The molecule has 4 rings (SSSR count). The third-order valence-electron chi connectivity index (χ3n) is 4.70. The number of halogens is 3. The molecule has 3 nitrogen and oxygen atoms in total. The van der Waals surface area contributed by atoms with Crippen LogP contribution in [0.3, 0.4) is 0 Å². The number of nitrogens with zero attached hydrogens (tertiary/aromatic N) is 1. The van der Waals surface area contributed by atoms with Crippen molar-refractivity contribution < 1.29 is 18.4 Å². The summed E-state index contributed by atoms with van der Waals surface area (Å²) < 4.78 is 27.7. The van der Waals surface area contributed by atoms with Gasteiger partial charge in [-0.05, 0) is 40.3 Å². The maximum absolute atomic E-state index is 14.1. The predicted molar refractivity (Wildman–Crippen MR) is 74.3 cm³/mol. The Morgan fingerprint density at radius 3 is 2.14 bits per heavy atom. The average Bonchev–Trinajstić information content (AvgIpc) is 3.09. The molecule has 0 aromatic heterocycles. The number of benzene rings is 1. The lowest BCUT2D eigenvalue weighted by atomic mass is 9.85.